The standard InChI is InChI=1S/C29H66N2O20S6Si2.4Na/c1-58(2,27-11-19-30(13-5-21-52(32,33)34,14-6-22-53(35,36)37)15-7-23-54(38,39)40)50-29-51-59(3,4)28-12-20-31(16-8-24-55(41,42)43,17-9-25-56(44,45)46)18-10-26-57(47,48)49;;;;/h5-29H2,1-4H3,(H4-2,32,33,34,35,36,37,38,39,40,41,42,43,44,45,46,47,48,49);;;;/q;4*+1/p-4. The van der Waals surface area contributed by atoms with E-state index in [9.17, 15) is 77.8 Å². The summed E-state index contributed by atoms with van der Waals surface area (Å²) in [5, 5.41) is 0. The molecule has 0 atom stereocenters. The minimum atomic E-state index is -4.61. The molecule has 0 saturated carbocycles. The average Bonchev–Trinajstić information content (AvgIpc) is 2.96. The Labute approximate surface area is 468 Å². The van der Waals surface area contributed by atoms with E-state index in [1.165, 1.54) is 0 Å². The number of nitrogens with zero attached hydrogens (tertiary/aromatic N) is 2. The Balaban J connectivity index is -0.00000280. The molecule has 0 spiro atoms. The molecule has 0 saturated heterocycles. The van der Waals surface area contributed by atoms with Crippen LogP contribution in [-0.2, 0) is 69.6 Å². The molecule has 0 N–H and O–H groups in total. The van der Waals surface area contributed by atoms with Gasteiger partial charge in [-0.25, -0.2) is 50.5 Å². The molecule has 0 aliphatic rings. The second-order valence-electron chi connectivity index (χ2n) is 16.3. The maximum atomic E-state index is 11.3. The smallest absolute Gasteiger partial charge is 0.748 e. The summed E-state index contributed by atoms with van der Waals surface area (Å²) in [4.78, 5) is 0. The van der Waals surface area contributed by atoms with Crippen molar-refractivity contribution in [1.29, 1.82) is 0 Å². The van der Waals surface area contributed by atoms with Crippen LogP contribution in [0.4, 0.5) is 0 Å². The summed E-state index contributed by atoms with van der Waals surface area (Å²) in [6.07, 6.45) is 0.0807. The van der Waals surface area contributed by atoms with E-state index < -0.39 is 112 Å². The van der Waals surface area contributed by atoms with E-state index in [0.717, 1.165) is 0 Å². The van der Waals surface area contributed by atoms with Crippen LogP contribution in [0.1, 0.15) is 51.4 Å². The van der Waals surface area contributed by atoms with Crippen molar-refractivity contribution in [2.24, 2.45) is 0 Å². The third-order valence-corrected chi connectivity index (χ3v) is 19.5. The van der Waals surface area contributed by atoms with Gasteiger partial charge in [-0.3, -0.25) is 0 Å². The first-order valence-corrected chi connectivity index (χ1v) is 34.6. The Morgan fingerprint density at radius 2 is 0.492 bits per heavy atom. The van der Waals surface area contributed by atoms with Crippen molar-refractivity contribution in [2.75, 3.05) is 93.7 Å². The summed E-state index contributed by atoms with van der Waals surface area (Å²) in [5.41, 5.74) is 0. The van der Waals surface area contributed by atoms with Gasteiger partial charge >= 0.3 is 118 Å². The van der Waals surface area contributed by atoms with Crippen molar-refractivity contribution in [3.8, 4) is 0 Å². The van der Waals surface area contributed by atoms with Gasteiger partial charge in [0.1, 0.15) is 6.79 Å². The van der Waals surface area contributed by atoms with E-state index in [1.807, 2.05) is 26.2 Å². The van der Waals surface area contributed by atoms with Gasteiger partial charge in [-0.1, -0.05) is 0 Å². The van der Waals surface area contributed by atoms with Crippen LogP contribution < -0.4 is 118 Å². The van der Waals surface area contributed by atoms with Gasteiger partial charge in [-0.2, -0.15) is 0 Å². The van der Waals surface area contributed by atoms with Crippen molar-refractivity contribution < 1.29 is 214 Å². The monoisotopic (exact) mass is 1100 g/mol. The largest absolute Gasteiger partial charge is 1.00 e. The van der Waals surface area contributed by atoms with Crippen LogP contribution in [0.25, 0.3) is 0 Å². The van der Waals surface area contributed by atoms with E-state index in [-0.39, 0.29) is 225 Å². The molecule has 0 bridgehead atoms. The molecular formula is C29H62N2Na4O20S6Si2. The average molecular weight is 1100 g/mol. The van der Waals surface area contributed by atoms with Crippen LogP contribution in [-0.4, -0.2) is 197 Å². The van der Waals surface area contributed by atoms with Crippen molar-refractivity contribution in [2.45, 2.75) is 89.6 Å². The predicted molar refractivity (Wildman–Crippen MR) is 215 cm³/mol. The number of quaternary nitrogens is 2. The van der Waals surface area contributed by atoms with Crippen LogP contribution in [0, 0.1) is 0 Å². The van der Waals surface area contributed by atoms with Gasteiger partial charge < -0.3 is 45.1 Å². The normalized spacial score (nSPS) is 13.6. The summed E-state index contributed by atoms with van der Waals surface area (Å²) in [6, 6.07) is 0.990. The Morgan fingerprint density at radius 1 is 0.333 bits per heavy atom. The summed E-state index contributed by atoms with van der Waals surface area (Å²) in [6.45, 7) is 8.26. The molecule has 356 valence electrons. The molecule has 0 aromatic rings. The first kappa shape index (κ1) is 75.7. The van der Waals surface area contributed by atoms with Gasteiger partial charge in [-0.15, -0.1) is 0 Å². The molecule has 0 amide bonds. The van der Waals surface area contributed by atoms with Gasteiger partial charge in [0.15, 0.2) is 16.6 Å². The first-order valence-electron chi connectivity index (χ1n) is 19.0. The van der Waals surface area contributed by atoms with Crippen LogP contribution in [0.2, 0.25) is 38.3 Å². The Bertz CT molecular complexity index is 1640. The summed E-state index contributed by atoms with van der Waals surface area (Å²) >= 11 is 0. The van der Waals surface area contributed by atoms with Crippen molar-refractivity contribution in [3.63, 3.8) is 0 Å². The van der Waals surface area contributed by atoms with E-state index in [4.69, 9.17) is 8.85 Å². The van der Waals surface area contributed by atoms with Crippen LogP contribution in [0.15, 0.2) is 0 Å². The van der Waals surface area contributed by atoms with Crippen molar-refractivity contribution >= 4 is 77.3 Å². The molecule has 0 aliphatic heterocycles. The molecule has 0 radical (unpaired) electrons. The Kier molecular flexibility index (Phi) is 40.2. The van der Waals surface area contributed by atoms with Gasteiger partial charge in [-0.05, 0) is 51.1 Å². The third kappa shape index (κ3) is 46.6. The fourth-order valence-electron chi connectivity index (χ4n) is 6.98. The second kappa shape index (κ2) is 33.5. The van der Waals surface area contributed by atoms with Gasteiger partial charge in [0.05, 0.1) is 113 Å². The zero-order valence-corrected chi connectivity index (χ0v) is 53.1. The van der Waals surface area contributed by atoms with E-state index in [2.05, 4.69) is 0 Å². The van der Waals surface area contributed by atoms with E-state index in [0.29, 0.717) is 24.9 Å². The fraction of sp³-hybridized carbons (Fsp3) is 1.00. The van der Waals surface area contributed by atoms with E-state index in [1.54, 1.807) is 0 Å². The zero-order valence-electron chi connectivity index (χ0n) is 38.2. The maximum absolute atomic E-state index is 11.3. The molecule has 0 heterocycles. The zero-order chi connectivity index (χ0) is 46.1. The van der Waals surface area contributed by atoms with Crippen LogP contribution in [0.3, 0.4) is 0 Å². The molecule has 0 aromatic heterocycles. The third-order valence-electron chi connectivity index (χ3n) is 9.88. The summed E-state index contributed by atoms with van der Waals surface area (Å²) < 4.78 is 216. The molecule has 0 aromatic carbocycles. The summed E-state index contributed by atoms with van der Waals surface area (Å²) in [5.74, 6) is -4.36. The van der Waals surface area contributed by atoms with Crippen LogP contribution in [0.5, 0.6) is 0 Å². The Hall–Kier alpha value is 3.73. The fourth-order valence-corrected chi connectivity index (χ4v) is 13.1. The minimum Gasteiger partial charge on any atom is -0.748 e. The van der Waals surface area contributed by atoms with Crippen molar-refractivity contribution in [1.82, 2.24) is 0 Å². The molecule has 0 aliphatic carbocycles. The maximum Gasteiger partial charge on any atom is 1.00 e. The number of hydrogen-bond acceptors (Lipinski definition) is 20. The quantitative estimate of drug-likeness (QED) is 0.0243. The molecular weight excluding hydrogens is 1040 g/mol. The number of hydrogen-bond donors (Lipinski definition) is 0. The van der Waals surface area contributed by atoms with Gasteiger partial charge in [0, 0.05) is 73.0 Å². The predicted octanol–water partition coefficient (Wildman–Crippen LogP) is -12.6. The van der Waals surface area contributed by atoms with Gasteiger partial charge in [0.25, 0.3) is 0 Å². The molecule has 63 heavy (non-hydrogen) atoms. The molecule has 0 unspecified atom stereocenters. The Morgan fingerprint density at radius 3 is 0.651 bits per heavy atom. The van der Waals surface area contributed by atoms with E-state index >= 15 is 0 Å². The van der Waals surface area contributed by atoms with Crippen LogP contribution >= 0.6 is 0 Å². The molecule has 22 nitrogen and oxygen atoms in total. The topological polar surface area (TPSA) is 362 Å². The van der Waals surface area contributed by atoms with Crippen molar-refractivity contribution in [3.05, 3.63) is 0 Å². The summed E-state index contributed by atoms with van der Waals surface area (Å²) in [7, 11) is -32.7. The number of rotatable bonds is 36. The van der Waals surface area contributed by atoms with Gasteiger partial charge in [0.2, 0.25) is 0 Å². The minimum absolute atomic E-state index is 0. The second-order valence-corrected chi connectivity index (χ2v) is 34.1. The first-order chi connectivity index (χ1) is 26.4. The SMILES string of the molecule is C[Si](C)(CCC[N+](CCCS(=O)(=O)[O-])(CCCS(=O)(=O)[O-])CCCS(=O)(=O)[O-])OCO[Si](C)(C)CCC[N+](CCCS(=O)(=O)[O-])(CCCS(=O)(=O)[O-])CCCS(=O)(=O)[O-].[Na+].[Na+].[Na+].[Na+]. The molecule has 0 rings (SSSR count). The molecule has 0 fully saturated rings. The molecule has 34 heteroatoms.